The molecule has 2 aromatic heterocycles. The standard InChI is InChI=1S/C19H21N5O2/c1-13-11-18(23-26-13)22-19(25)21-16-5-6-17(24-9-3-2-4-10-24)14-7-8-20-12-15(14)16/h5-8,11-12H,2-4,9-10H2,1H3,(H2,21,22,23,25). The van der Waals surface area contributed by atoms with Gasteiger partial charge in [-0.25, -0.2) is 4.79 Å². The largest absolute Gasteiger partial charge is 0.371 e. The Morgan fingerprint density at radius 2 is 1.96 bits per heavy atom. The van der Waals surface area contributed by atoms with Crippen LogP contribution in [0.4, 0.5) is 22.0 Å². The van der Waals surface area contributed by atoms with Gasteiger partial charge in [0.25, 0.3) is 0 Å². The Bertz CT molecular complexity index is 931. The van der Waals surface area contributed by atoms with Crippen molar-refractivity contribution in [3.05, 3.63) is 42.4 Å². The summed E-state index contributed by atoms with van der Waals surface area (Å²) in [4.78, 5) is 18.9. The van der Waals surface area contributed by atoms with Crippen LogP contribution < -0.4 is 15.5 Å². The van der Waals surface area contributed by atoms with E-state index in [0.29, 0.717) is 17.3 Å². The van der Waals surface area contributed by atoms with Gasteiger partial charge in [0.15, 0.2) is 5.82 Å². The van der Waals surface area contributed by atoms with Crippen molar-refractivity contribution in [3.8, 4) is 0 Å². The number of piperidine rings is 1. The molecule has 0 unspecified atom stereocenters. The van der Waals surface area contributed by atoms with E-state index in [1.54, 1.807) is 25.4 Å². The molecule has 134 valence electrons. The third-order valence-corrected chi connectivity index (χ3v) is 4.61. The fourth-order valence-corrected chi connectivity index (χ4v) is 3.39. The Hall–Kier alpha value is -3.09. The van der Waals surface area contributed by atoms with Gasteiger partial charge >= 0.3 is 6.03 Å². The minimum atomic E-state index is -0.367. The molecule has 7 heteroatoms. The van der Waals surface area contributed by atoms with Gasteiger partial charge in [-0.3, -0.25) is 10.3 Å². The maximum absolute atomic E-state index is 12.3. The molecule has 1 fully saturated rings. The first-order valence-corrected chi connectivity index (χ1v) is 8.84. The van der Waals surface area contributed by atoms with E-state index in [2.05, 4.69) is 31.7 Å². The fraction of sp³-hybridized carbons (Fsp3) is 0.316. The molecule has 7 nitrogen and oxygen atoms in total. The molecule has 1 aliphatic heterocycles. The lowest BCUT2D eigenvalue weighted by Crippen LogP contribution is -2.29. The van der Waals surface area contributed by atoms with E-state index in [4.69, 9.17) is 4.52 Å². The van der Waals surface area contributed by atoms with Crippen molar-refractivity contribution in [2.75, 3.05) is 28.6 Å². The van der Waals surface area contributed by atoms with Gasteiger partial charge in [-0.15, -0.1) is 0 Å². The van der Waals surface area contributed by atoms with Crippen molar-refractivity contribution in [2.45, 2.75) is 26.2 Å². The Morgan fingerprint density at radius 1 is 1.12 bits per heavy atom. The molecule has 0 radical (unpaired) electrons. The minimum Gasteiger partial charge on any atom is -0.371 e. The van der Waals surface area contributed by atoms with Crippen LogP contribution >= 0.6 is 0 Å². The summed E-state index contributed by atoms with van der Waals surface area (Å²) >= 11 is 0. The van der Waals surface area contributed by atoms with Gasteiger partial charge in [0, 0.05) is 48.0 Å². The van der Waals surface area contributed by atoms with Crippen molar-refractivity contribution in [2.24, 2.45) is 0 Å². The highest BCUT2D eigenvalue weighted by molar-refractivity contribution is 6.08. The van der Waals surface area contributed by atoms with Crippen molar-refractivity contribution >= 4 is 34.0 Å². The van der Waals surface area contributed by atoms with Crippen LogP contribution in [0, 0.1) is 6.92 Å². The second-order valence-electron chi connectivity index (χ2n) is 6.50. The van der Waals surface area contributed by atoms with E-state index in [-0.39, 0.29) is 6.03 Å². The summed E-state index contributed by atoms with van der Waals surface area (Å²) in [5.41, 5.74) is 1.91. The number of carbonyl (C=O) groups is 1. The van der Waals surface area contributed by atoms with Crippen molar-refractivity contribution in [1.82, 2.24) is 10.1 Å². The molecule has 3 aromatic rings. The van der Waals surface area contributed by atoms with Gasteiger partial charge in [-0.2, -0.15) is 0 Å². The number of hydrogen-bond acceptors (Lipinski definition) is 5. The molecule has 0 atom stereocenters. The normalized spacial score (nSPS) is 14.4. The molecule has 4 rings (SSSR count). The Morgan fingerprint density at radius 3 is 2.73 bits per heavy atom. The first kappa shape index (κ1) is 16.4. The average Bonchev–Trinajstić information content (AvgIpc) is 3.07. The van der Waals surface area contributed by atoms with Crippen LogP contribution in [-0.2, 0) is 0 Å². The zero-order chi connectivity index (χ0) is 17.9. The molecule has 0 aliphatic carbocycles. The summed E-state index contributed by atoms with van der Waals surface area (Å²) < 4.78 is 4.96. The maximum atomic E-state index is 12.3. The van der Waals surface area contributed by atoms with Gasteiger partial charge in [-0.1, -0.05) is 5.16 Å². The number of carbonyl (C=O) groups excluding carboxylic acids is 1. The third kappa shape index (κ3) is 3.33. The molecule has 2 amide bonds. The third-order valence-electron chi connectivity index (χ3n) is 4.61. The number of nitrogens with one attached hydrogen (secondary N) is 2. The van der Waals surface area contributed by atoms with Crippen molar-refractivity contribution < 1.29 is 9.32 Å². The van der Waals surface area contributed by atoms with E-state index in [9.17, 15) is 4.79 Å². The number of urea groups is 1. The second kappa shape index (κ2) is 7.03. The van der Waals surface area contributed by atoms with Crippen LogP contribution in [0.25, 0.3) is 10.8 Å². The molecule has 2 N–H and O–H groups in total. The molecule has 3 heterocycles. The minimum absolute atomic E-state index is 0.367. The molecular weight excluding hydrogens is 330 g/mol. The molecule has 0 spiro atoms. The highest BCUT2D eigenvalue weighted by Crippen LogP contribution is 2.33. The summed E-state index contributed by atoms with van der Waals surface area (Å²) in [5.74, 6) is 1.02. The quantitative estimate of drug-likeness (QED) is 0.740. The maximum Gasteiger partial charge on any atom is 0.324 e. The van der Waals surface area contributed by atoms with Crippen LogP contribution in [0.5, 0.6) is 0 Å². The lowest BCUT2D eigenvalue weighted by Gasteiger charge is -2.30. The van der Waals surface area contributed by atoms with E-state index >= 15 is 0 Å². The molecule has 1 saturated heterocycles. The van der Waals surface area contributed by atoms with E-state index in [1.165, 1.54) is 24.9 Å². The SMILES string of the molecule is Cc1cc(NC(=O)Nc2ccc(N3CCCCC3)c3ccncc23)no1. The van der Waals surface area contributed by atoms with Crippen molar-refractivity contribution in [3.63, 3.8) is 0 Å². The highest BCUT2D eigenvalue weighted by atomic mass is 16.5. The molecule has 1 aromatic carbocycles. The number of nitrogens with zero attached hydrogens (tertiary/aromatic N) is 3. The number of amides is 2. The molecule has 0 saturated carbocycles. The molecule has 26 heavy (non-hydrogen) atoms. The Labute approximate surface area is 151 Å². The number of rotatable bonds is 3. The number of pyridine rings is 1. The first-order valence-electron chi connectivity index (χ1n) is 8.84. The predicted molar refractivity (Wildman–Crippen MR) is 102 cm³/mol. The summed E-state index contributed by atoms with van der Waals surface area (Å²) in [6.45, 7) is 3.90. The zero-order valence-corrected chi connectivity index (χ0v) is 14.7. The lowest BCUT2D eigenvalue weighted by molar-refractivity contribution is 0.262. The van der Waals surface area contributed by atoms with E-state index in [0.717, 1.165) is 23.9 Å². The van der Waals surface area contributed by atoms with Crippen LogP contribution in [0.1, 0.15) is 25.0 Å². The Balaban J connectivity index is 1.60. The smallest absolute Gasteiger partial charge is 0.324 e. The van der Waals surface area contributed by atoms with Crippen LogP contribution in [0.2, 0.25) is 0 Å². The van der Waals surface area contributed by atoms with E-state index < -0.39 is 0 Å². The average molecular weight is 351 g/mol. The van der Waals surface area contributed by atoms with Gasteiger partial charge in [0.1, 0.15) is 5.76 Å². The summed E-state index contributed by atoms with van der Waals surface area (Å²) in [7, 11) is 0. The van der Waals surface area contributed by atoms with Gasteiger partial charge in [-0.05, 0) is 44.4 Å². The number of aromatic nitrogens is 2. The van der Waals surface area contributed by atoms with E-state index in [1.807, 2.05) is 12.1 Å². The van der Waals surface area contributed by atoms with Crippen LogP contribution in [-0.4, -0.2) is 29.3 Å². The summed E-state index contributed by atoms with van der Waals surface area (Å²) in [5, 5.41) is 11.3. The zero-order valence-electron chi connectivity index (χ0n) is 14.7. The number of benzene rings is 1. The van der Waals surface area contributed by atoms with Crippen molar-refractivity contribution in [1.29, 1.82) is 0 Å². The predicted octanol–water partition coefficient (Wildman–Crippen LogP) is 4.17. The number of aryl methyl sites for hydroxylation is 1. The topological polar surface area (TPSA) is 83.3 Å². The highest BCUT2D eigenvalue weighted by Gasteiger charge is 2.16. The molecular formula is C19H21N5O2. The summed E-state index contributed by atoms with van der Waals surface area (Å²) in [6, 6.07) is 7.31. The number of fused-ring (bicyclic) bond motifs is 1. The second-order valence-corrected chi connectivity index (χ2v) is 6.50. The molecule has 1 aliphatic rings. The van der Waals surface area contributed by atoms with Gasteiger partial charge < -0.3 is 14.7 Å². The van der Waals surface area contributed by atoms with Gasteiger partial charge in [0.2, 0.25) is 0 Å². The van der Waals surface area contributed by atoms with Crippen LogP contribution in [0.15, 0.2) is 41.2 Å². The van der Waals surface area contributed by atoms with Gasteiger partial charge in [0.05, 0.1) is 5.69 Å². The summed E-state index contributed by atoms with van der Waals surface area (Å²) in [6.07, 6.45) is 7.30. The number of anilines is 3. The first-order chi connectivity index (χ1) is 12.7. The Kier molecular flexibility index (Phi) is 4.43. The monoisotopic (exact) mass is 351 g/mol. The molecule has 0 bridgehead atoms. The lowest BCUT2D eigenvalue weighted by atomic mass is 10.1. The number of hydrogen-bond donors (Lipinski definition) is 2. The fourth-order valence-electron chi connectivity index (χ4n) is 3.39. The van der Waals surface area contributed by atoms with Crippen LogP contribution in [0.3, 0.4) is 0 Å².